The van der Waals surface area contributed by atoms with Crippen LogP contribution >= 0.6 is 0 Å². The number of hydrogen-bond acceptors (Lipinski definition) is 5. The van der Waals surface area contributed by atoms with Gasteiger partial charge in [0.1, 0.15) is 0 Å². The molecule has 0 aromatic rings. The van der Waals surface area contributed by atoms with Gasteiger partial charge in [0.15, 0.2) is 0 Å². The van der Waals surface area contributed by atoms with E-state index in [4.69, 9.17) is 9.90 Å². The number of nitrogens with zero attached hydrogens (tertiary/aromatic N) is 3. The molecule has 0 aromatic carbocycles. The standard InChI is InChI=1S/C15H27N3O3S.C2HF3O2/c1-16(2)10-11-17-9-7-15(14(17)19)6-3-8-18(12-15)22(20,21)13-4-5-13;3-2(4,5)1(6)7/h13H,3-12H2,1-2H3;(H,6,7). The average Bonchev–Trinajstić information content (AvgIpc) is 3.43. The number of piperidine rings is 1. The summed E-state index contributed by atoms with van der Waals surface area (Å²) in [6.07, 6.45) is -1.07. The highest BCUT2D eigenvalue weighted by Gasteiger charge is 2.52. The number of rotatable bonds is 5. The molecule has 1 atom stereocenters. The zero-order valence-electron chi connectivity index (χ0n) is 16.6. The van der Waals surface area contributed by atoms with E-state index in [9.17, 15) is 26.4 Å². The highest BCUT2D eigenvalue weighted by molar-refractivity contribution is 7.90. The summed E-state index contributed by atoms with van der Waals surface area (Å²) in [5.74, 6) is -2.59. The number of carboxylic acids is 1. The Bertz CT molecular complexity index is 724. The first kappa shape index (κ1) is 23.9. The molecule has 12 heteroatoms. The number of halogens is 3. The van der Waals surface area contributed by atoms with Gasteiger partial charge in [0.2, 0.25) is 15.9 Å². The summed E-state index contributed by atoms with van der Waals surface area (Å²) < 4.78 is 58.3. The first-order valence-corrected chi connectivity index (χ1v) is 11.0. The van der Waals surface area contributed by atoms with Gasteiger partial charge in [-0.2, -0.15) is 13.2 Å². The van der Waals surface area contributed by atoms with E-state index >= 15 is 0 Å². The van der Waals surface area contributed by atoms with Crippen LogP contribution in [0.3, 0.4) is 0 Å². The fourth-order valence-corrected chi connectivity index (χ4v) is 5.65. The Morgan fingerprint density at radius 2 is 1.83 bits per heavy atom. The minimum Gasteiger partial charge on any atom is -0.475 e. The number of carbonyl (C=O) groups excluding carboxylic acids is 1. The van der Waals surface area contributed by atoms with Crippen LogP contribution in [0.1, 0.15) is 32.1 Å². The van der Waals surface area contributed by atoms with Crippen LogP contribution in [-0.2, 0) is 19.6 Å². The molecule has 1 spiro atoms. The van der Waals surface area contributed by atoms with Crippen molar-refractivity contribution >= 4 is 21.9 Å². The van der Waals surface area contributed by atoms with Crippen molar-refractivity contribution < 1.29 is 36.3 Å². The SMILES string of the molecule is CN(C)CCN1CCC2(CCCN(S(=O)(=O)C3CC3)C2)C1=O.O=C(O)C(F)(F)F. The van der Waals surface area contributed by atoms with Crippen molar-refractivity contribution in [2.75, 3.05) is 46.8 Å². The molecule has 0 radical (unpaired) electrons. The van der Waals surface area contributed by atoms with Crippen LogP contribution in [0.4, 0.5) is 13.2 Å². The third-order valence-electron chi connectivity index (χ3n) is 5.51. The van der Waals surface area contributed by atoms with Crippen molar-refractivity contribution in [3.63, 3.8) is 0 Å². The number of amides is 1. The van der Waals surface area contributed by atoms with E-state index in [1.165, 1.54) is 0 Å². The first-order valence-electron chi connectivity index (χ1n) is 9.53. The maximum Gasteiger partial charge on any atom is 0.490 e. The molecule has 1 saturated carbocycles. The van der Waals surface area contributed by atoms with Crippen LogP contribution in [0.25, 0.3) is 0 Å². The van der Waals surface area contributed by atoms with Gasteiger partial charge in [0.05, 0.1) is 10.7 Å². The van der Waals surface area contributed by atoms with Gasteiger partial charge in [0.25, 0.3) is 0 Å². The number of likely N-dealkylation sites (N-methyl/N-ethyl adjacent to an activating group) is 1. The summed E-state index contributed by atoms with van der Waals surface area (Å²) in [5, 5.41) is 6.95. The average molecular weight is 443 g/mol. The Morgan fingerprint density at radius 3 is 2.31 bits per heavy atom. The molecule has 0 aromatic heterocycles. The lowest BCUT2D eigenvalue weighted by molar-refractivity contribution is -0.192. The van der Waals surface area contributed by atoms with E-state index in [0.29, 0.717) is 13.1 Å². The van der Waals surface area contributed by atoms with Gasteiger partial charge in [-0.05, 0) is 46.2 Å². The van der Waals surface area contributed by atoms with Crippen molar-refractivity contribution in [3.8, 4) is 0 Å². The Kier molecular flexibility index (Phi) is 7.21. The fraction of sp³-hybridized carbons (Fsp3) is 0.882. The van der Waals surface area contributed by atoms with Gasteiger partial charge in [0, 0.05) is 32.7 Å². The van der Waals surface area contributed by atoms with Crippen molar-refractivity contribution in [1.29, 1.82) is 0 Å². The van der Waals surface area contributed by atoms with E-state index in [1.807, 2.05) is 19.0 Å². The summed E-state index contributed by atoms with van der Waals surface area (Å²) in [6.45, 7) is 3.35. The molecule has 29 heavy (non-hydrogen) atoms. The molecular weight excluding hydrogens is 415 g/mol. The van der Waals surface area contributed by atoms with Gasteiger partial charge in [-0.25, -0.2) is 17.5 Å². The molecule has 1 amide bonds. The number of alkyl halides is 3. The monoisotopic (exact) mass is 443 g/mol. The summed E-state index contributed by atoms with van der Waals surface area (Å²) in [6, 6.07) is 0. The molecule has 1 aliphatic carbocycles. The molecule has 3 rings (SSSR count). The van der Waals surface area contributed by atoms with Crippen molar-refractivity contribution in [2.24, 2.45) is 5.41 Å². The molecule has 2 heterocycles. The zero-order chi connectivity index (χ0) is 22.0. The van der Waals surface area contributed by atoms with Crippen molar-refractivity contribution in [2.45, 2.75) is 43.5 Å². The van der Waals surface area contributed by atoms with E-state index in [0.717, 1.165) is 51.7 Å². The lowest BCUT2D eigenvalue weighted by Gasteiger charge is -2.38. The second-order valence-corrected chi connectivity index (χ2v) is 10.3. The highest BCUT2D eigenvalue weighted by atomic mass is 32.2. The number of carbonyl (C=O) groups is 2. The molecule has 3 fully saturated rings. The smallest absolute Gasteiger partial charge is 0.475 e. The third-order valence-corrected chi connectivity index (χ3v) is 7.85. The van der Waals surface area contributed by atoms with E-state index < -0.39 is 27.6 Å². The minimum atomic E-state index is -5.08. The lowest BCUT2D eigenvalue weighted by Crippen LogP contribution is -2.50. The largest absolute Gasteiger partial charge is 0.490 e. The molecule has 8 nitrogen and oxygen atoms in total. The number of sulfonamides is 1. The minimum absolute atomic E-state index is 0.171. The van der Waals surface area contributed by atoms with Gasteiger partial charge in [-0.3, -0.25) is 4.79 Å². The Hall–Kier alpha value is -1.40. The highest BCUT2D eigenvalue weighted by Crippen LogP contribution is 2.42. The van der Waals surface area contributed by atoms with E-state index in [2.05, 4.69) is 4.90 Å². The van der Waals surface area contributed by atoms with Crippen LogP contribution < -0.4 is 0 Å². The van der Waals surface area contributed by atoms with Crippen LogP contribution in [0.5, 0.6) is 0 Å². The summed E-state index contributed by atoms with van der Waals surface area (Å²) in [4.78, 5) is 25.7. The van der Waals surface area contributed by atoms with Crippen molar-refractivity contribution in [3.05, 3.63) is 0 Å². The summed E-state index contributed by atoms with van der Waals surface area (Å²) >= 11 is 0. The molecule has 3 aliphatic rings. The second kappa shape index (κ2) is 8.76. The number of aliphatic carboxylic acids is 1. The molecule has 1 unspecified atom stereocenters. The summed E-state index contributed by atoms with van der Waals surface area (Å²) in [7, 11) is 0.837. The quantitative estimate of drug-likeness (QED) is 0.681. The molecule has 2 saturated heterocycles. The number of hydrogen-bond donors (Lipinski definition) is 1. The fourth-order valence-electron chi connectivity index (χ4n) is 3.69. The predicted octanol–water partition coefficient (Wildman–Crippen LogP) is 0.988. The van der Waals surface area contributed by atoms with Crippen LogP contribution in [0.15, 0.2) is 0 Å². The van der Waals surface area contributed by atoms with Gasteiger partial charge >= 0.3 is 12.1 Å². The molecule has 168 valence electrons. The van der Waals surface area contributed by atoms with Crippen LogP contribution in [0.2, 0.25) is 0 Å². The number of carboxylic acid groups (broad SMARTS) is 1. The zero-order valence-corrected chi connectivity index (χ0v) is 17.4. The van der Waals surface area contributed by atoms with Crippen molar-refractivity contribution in [1.82, 2.24) is 14.1 Å². The van der Waals surface area contributed by atoms with Gasteiger partial charge < -0.3 is 14.9 Å². The van der Waals surface area contributed by atoms with E-state index in [1.54, 1.807) is 4.31 Å². The van der Waals surface area contributed by atoms with Gasteiger partial charge in [-0.15, -0.1) is 0 Å². The predicted molar refractivity (Wildman–Crippen MR) is 98.6 cm³/mol. The lowest BCUT2D eigenvalue weighted by atomic mass is 9.79. The van der Waals surface area contributed by atoms with Crippen LogP contribution in [-0.4, -0.2) is 97.8 Å². The Balaban J connectivity index is 0.000000370. The molecular formula is C17H28F3N3O5S. The van der Waals surface area contributed by atoms with Gasteiger partial charge in [-0.1, -0.05) is 0 Å². The maximum atomic E-state index is 12.8. The Labute approximate surface area is 168 Å². The molecule has 1 N–H and O–H groups in total. The maximum absolute atomic E-state index is 12.8. The second-order valence-electron chi connectivity index (χ2n) is 8.11. The van der Waals surface area contributed by atoms with E-state index in [-0.39, 0.29) is 11.2 Å². The first-order chi connectivity index (χ1) is 13.3. The third kappa shape index (κ3) is 5.82. The molecule has 0 bridgehead atoms. The normalized spacial score (nSPS) is 26.0. The Morgan fingerprint density at radius 1 is 1.24 bits per heavy atom. The topological polar surface area (TPSA) is 98.2 Å². The summed E-state index contributed by atoms with van der Waals surface area (Å²) in [5.41, 5.74) is -0.452. The molecule has 2 aliphatic heterocycles. The van der Waals surface area contributed by atoms with Crippen LogP contribution in [0, 0.1) is 5.41 Å². The number of likely N-dealkylation sites (tertiary alicyclic amines) is 1.